The summed E-state index contributed by atoms with van der Waals surface area (Å²) in [5, 5.41) is 6.84. The summed E-state index contributed by atoms with van der Waals surface area (Å²) >= 11 is 3.39. The van der Waals surface area contributed by atoms with Crippen LogP contribution in [-0.4, -0.2) is 15.7 Å². The molecule has 0 spiro atoms. The first-order valence-corrected chi connectivity index (χ1v) is 8.20. The number of amides is 1. The molecule has 0 saturated heterocycles. The Balaban J connectivity index is 1.80. The Hall–Kier alpha value is -2.80. The van der Waals surface area contributed by atoms with Crippen molar-refractivity contribution in [2.24, 2.45) is 0 Å². The maximum atomic E-state index is 12.9. The molecule has 1 heterocycles. The molecule has 0 fully saturated rings. The van der Waals surface area contributed by atoms with Gasteiger partial charge in [0.25, 0.3) is 5.56 Å². The first-order valence-electron chi connectivity index (χ1n) is 7.41. The van der Waals surface area contributed by atoms with Gasteiger partial charge in [-0.25, -0.2) is 9.07 Å². The van der Waals surface area contributed by atoms with Crippen LogP contribution in [0.25, 0.3) is 11.3 Å². The Morgan fingerprint density at radius 1 is 1.12 bits per heavy atom. The topological polar surface area (TPSA) is 64.0 Å². The van der Waals surface area contributed by atoms with Crippen molar-refractivity contribution in [1.82, 2.24) is 9.78 Å². The van der Waals surface area contributed by atoms with Crippen LogP contribution in [0, 0.1) is 5.82 Å². The van der Waals surface area contributed by atoms with Gasteiger partial charge in [-0.2, -0.15) is 5.10 Å². The van der Waals surface area contributed by atoms with Crippen molar-refractivity contribution in [3.05, 3.63) is 81.3 Å². The van der Waals surface area contributed by atoms with E-state index in [4.69, 9.17) is 0 Å². The van der Waals surface area contributed by atoms with Gasteiger partial charge in [-0.15, -0.1) is 0 Å². The summed E-state index contributed by atoms with van der Waals surface area (Å²) in [6, 6.07) is 15.8. The third-order valence-electron chi connectivity index (χ3n) is 3.41. The number of aromatic nitrogens is 2. The van der Waals surface area contributed by atoms with Crippen molar-refractivity contribution in [2.45, 2.75) is 6.54 Å². The molecule has 0 radical (unpaired) electrons. The van der Waals surface area contributed by atoms with E-state index < -0.39 is 11.7 Å². The Morgan fingerprint density at radius 2 is 1.88 bits per heavy atom. The van der Waals surface area contributed by atoms with Crippen LogP contribution in [0.15, 0.2) is 69.9 Å². The molecule has 7 heteroatoms. The van der Waals surface area contributed by atoms with E-state index in [1.807, 2.05) is 24.3 Å². The molecular formula is C18H13BrFN3O2. The molecule has 1 N–H and O–H groups in total. The van der Waals surface area contributed by atoms with E-state index in [2.05, 4.69) is 26.3 Å². The number of hydrogen-bond donors (Lipinski definition) is 1. The summed E-state index contributed by atoms with van der Waals surface area (Å²) in [6.07, 6.45) is 0. The largest absolute Gasteiger partial charge is 0.324 e. The summed E-state index contributed by atoms with van der Waals surface area (Å²) < 4.78 is 14.9. The predicted octanol–water partition coefficient (Wildman–Crippen LogP) is 3.45. The maximum Gasteiger partial charge on any atom is 0.267 e. The third kappa shape index (κ3) is 4.39. The second-order valence-electron chi connectivity index (χ2n) is 5.28. The molecule has 0 bridgehead atoms. The van der Waals surface area contributed by atoms with E-state index in [9.17, 15) is 14.0 Å². The molecule has 0 saturated carbocycles. The number of halogens is 2. The molecule has 0 aliphatic rings. The van der Waals surface area contributed by atoms with Gasteiger partial charge in [0.1, 0.15) is 12.4 Å². The zero-order valence-corrected chi connectivity index (χ0v) is 14.5. The first kappa shape index (κ1) is 17.0. The minimum Gasteiger partial charge on any atom is -0.324 e. The quantitative estimate of drug-likeness (QED) is 0.727. The highest BCUT2D eigenvalue weighted by Crippen LogP contribution is 2.20. The van der Waals surface area contributed by atoms with Gasteiger partial charge >= 0.3 is 0 Å². The molecule has 126 valence electrons. The lowest BCUT2D eigenvalue weighted by atomic mass is 10.1. The van der Waals surface area contributed by atoms with Crippen LogP contribution < -0.4 is 10.9 Å². The lowest BCUT2D eigenvalue weighted by molar-refractivity contribution is -0.117. The second-order valence-corrected chi connectivity index (χ2v) is 6.20. The van der Waals surface area contributed by atoms with Crippen LogP contribution in [0.4, 0.5) is 10.1 Å². The van der Waals surface area contributed by atoms with Crippen LogP contribution in [-0.2, 0) is 11.3 Å². The fraction of sp³-hybridized carbons (Fsp3) is 0.0556. The van der Waals surface area contributed by atoms with Crippen LogP contribution in [0.2, 0.25) is 0 Å². The molecule has 3 rings (SSSR count). The fourth-order valence-electron chi connectivity index (χ4n) is 2.23. The number of carbonyl (C=O) groups is 1. The van der Waals surface area contributed by atoms with Crippen LogP contribution in [0.1, 0.15) is 0 Å². The van der Waals surface area contributed by atoms with Crippen molar-refractivity contribution >= 4 is 27.5 Å². The van der Waals surface area contributed by atoms with Crippen molar-refractivity contribution in [3.8, 4) is 11.3 Å². The molecule has 0 aliphatic heterocycles. The van der Waals surface area contributed by atoms with Crippen molar-refractivity contribution < 1.29 is 9.18 Å². The highest BCUT2D eigenvalue weighted by atomic mass is 79.9. The summed E-state index contributed by atoms with van der Waals surface area (Å²) in [5.74, 6) is -0.815. The molecule has 2 aromatic carbocycles. The smallest absolute Gasteiger partial charge is 0.267 e. The predicted molar refractivity (Wildman–Crippen MR) is 96.7 cm³/mol. The van der Waals surface area contributed by atoms with E-state index in [1.165, 1.54) is 30.3 Å². The van der Waals surface area contributed by atoms with Gasteiger partial charge in [0, 0.05) is 21.8 Å². The van der Waals surface area contributed by atoms with Gasteiger partial charge in [-0.1, -0.05) is 28.1 Å². The zero-order valence-electron chi connectivity index (χ0n) is 12.9. The average molecular weight is 402 g/mol. The number of carbonyl (C=O) groups excluding carboxylic acids is 1. The molecular weight excluding hydrogens is 389 g/mol. The van der Waals surface area contributed by atoms with E-state index in [1.54, 1.807) is 6.07 Å². The number of nitrogens with one attached hydrogen (secondary N) is 1. The zero-order chi connectivity index (χ0) is 17.8. The monoisotopic (exact) mass is 401 g/mol. The minimum absolute atomic E-state index is 0.238. The Morgan fingerprint density at radius 3 is 2.60 bits per heavy atom. The van der Waals surface area contributed by atoms with Gasteiger partial charge in [-0.05, 0) is 42.5 Å². The van der Waals surface area contributed by atoms with Gasteiger partial charge in [0.15, 0.2) is 0 Å². The van der Waals surface area contributed by atoms with Crippen LogP contribution in [0.3, 0.4) is 0 Å². The molecule has 1 aromatic heterocycles. The lowest BCUT2D eigenvalue weighted by Crippen LogP contribution is -2.29. The van der Waals surface area contributed by atoms with Gasteiger partial charge in [-0.3, -0.25) is 9.59 Å². The molecule has 25 heavy (non-hydrogen) atoms. The standard InChI is InChI=1S/C18H13BrFN3O2/c19-13-3-1-2-12(10-13)16-8-9-18(25)23(22-16)11-17(24)21-15-6-4-14(20)5-7-15/h1-10H,11H2,(H,21,24). The van der Waals surface area contributed by atoms with E-state index in [-0.39, 0.29) is 12.1 Å². The summed E-state index contributed by atoms with van der Waals surface area (Å²) in [7, 11) is 0. The second kappa shape index (κ2) is 7.40. The number of benzene rings is 2. The summed E-state index contributed by atoms with van der Waals surface area (Å²) in [6.45, 7) is -0.238. The number of rotatable bonds is 4. The highest BCUT2D eigenvalue weighted by Gasteiger charge is 2.09. The van der Waals surface area contributed by atoms with E-state index in [0.717, 1.165) is 14.7 Å². The molecule has 0 unspecified atom stereocenters. The minimum atomic E-state index is -0.424. The Labute approximate surface area is 151 Å². The molecule has 5 nitrogen and oxygen atoms in total. The first-order chi connectivity index (χ1) is 12.0. The molecule has 1 amide bonds. The fourth-order valence-corrected chi connectivity index (χ4v) is 2.63. The van der Waals surface area contributed by atoms with Crippen LogP contribution >= 0.6 is 15.9 Å². The van der Waals surface area contributed by atoms with Crippen molar-refractivity contribution in [1.29, 1.82) is 0 Å². The number of anilines is 1. The highest BCUT2D eigenvalue weighted by molar-refractivity contribution is 9.10. The van der Waals surface area contributed by atoms with E-state index in [0.29, 0.717) is 11.4 Å². The molecule has 3 aromatic rings. The normalized spacial score (nSPS) is 10.5. The molecule has 0 atom stereocenters. The van der Waals surface area contributed by atoms with Crippen molar-refractivity contribution in [2.75, 3.05) is 5.32 Å². The van der Waals surface area contributed by atoms with Gasteiger partial charge in [0.05, 0.1) is 5.69 Å². The van der Waals surface area contributed by atoms with E-state index >= 15 is 0 Å². The van der Waals surface area contributed by atoms with Crippen molar-refractivity contribution in [3.63, 3.8) is 0 Å². The maximum absolute atomic E-state index is 12.9. The molecule has 0 aliphatic carbocycles. The Bertz CT molecular complexity index is 971. The number of hydrogen-bond acceptors (Lipinski definition) is 3. The summed E-state index contributed by atoms with van der Waals surface area (Å²) in [5.41, 5.74) is 1.47. The van der Waals surface area contributed by atoms with Gasteiger partial charge < -0.3 is 5.32 Å². The van der Waals surface area contributed by atoms with Gasteiger partial charge in [0.2, 0.25) is 5.91 Å². The SMILES string of the molecule is O=C(Cn1nc(-c2cccc(Br)c2)ccc1=O)Nc1ccc(F)cc1. The Kier molecular flexibility index (Phi) is 5.04. The number of nitrogens with zero attached hydrogens (tertiary/aromatic N) is 2. The van der Waals surface area contributed by atoms with Crippen LogP contribution in [0.5, 0.6) is 0 Å². The summed E-state index contributed by atoms with van der Waals surface area (Å²) in [4.78, 5) is 24.1. The average Bonchev–Trinajstić information content (AvgIpc) is 2.59. The lowest BCUT2D eigenvalue weighted by Gasteiger charge is -2.08. The third-order valence-corrected chi connectivity index (χ3v) is 3.90.